The Hall–Kier alpha value is -2.04. The van der Waals surface area contributed by atoms with Crippen molar-refractivity contribution in [2.45, 2.75) is 103 Å². The highest BCUT2D eigenvalue weighted by molar-refractivity contribution is 5.72. The van der Waals surface area contributed by atoms with Gasteiger partial charge in [0.2, 0.25) is 0 Å². The molecule has 2 heterocycles. The standard InChI is InChI=1S/C26H38O5/c1-7-8-9-10-13-25(3,4)18-14-21(30-17(2)27)24-19-16-29-23(28)12-11-20(19)26(5,6)31-22(24)15-18/h14-15,19-20H,7-13,16H2,1-6H3/t19-,20-/m1/s1. The topological polar surface area (TPSA) is 61.8 Å². The molecule has 1 aromatic rings. The van der Waals surface area contributed by atoms with E-state index in [1.807, 2.05) is 6.07 Å². The molecule has 0 unspecified atom stereocenters. The molecule has 3 rings (SSSR count). The second kappa shape index (κ2) is 9.22. The van der Waals surface area contributed by atoms with Crippen LogP contribution in [-0.2, 0) is 19.7 Å². The van der Waals surface area contributed by atoms with Crippen molar-refractivity contribution < 1.29 is 23.8 Å². The monoisotopic (exact) mass is 430 g/mol. The molecular formula is C26H38O5. The van der Waals surface area contributed by atoms with Crippen LogP contribution in [0, 0.1) is 5.92 Å². The number of carbonyl (C=O) groups is 2. The Bertz CT molecular complexity index is 823. The van der Waals surface area contributed by atoms with Crippen LogP contribution in [0.25, 0.3) is 0 Å². The van der Waals surface area contributed by atoms with E-state index in [2.05, 4.69) is 40.7 Å². The van der Waals surface area contributed by atoms with Gasteiger partial charge in [-0.25, -0.2) is 0 Å². The molecule has 2 aliphatic heterocycles. The van der Waals surface area contributed by atoms with E-state index in [1.165, 1.54) is 26.2 Å². The molecule has 0 saturated carbocycles. The number of ether oxygens (including phenoxy) is 3. The zero-order valence-electron chi connectivity index (χ0n) is 20.0. The Balaban J connectivity index is 2.04. The quantitative estimate of drug-likeness (QED) is 0.298. The van der Waals surface area contributed by atoms with Gasteiger partial charge in [-0.1, -0.05) is 46.5 Å². The van der Waals surface area contributed by atoms with Crippen LogP contribution in [0.3, 0.4) is 0 Å². The van der Waals surface area contributed by atoms with Crippen LogP contribution >= 0.6 is 0 Å². The summed E-state index contributed by atoms with van der Waals surface area (Å²) in [4.78, 5) is 24.0. The van der Waals surface area contributed by atoms with Gasteiger partial charge in [0, 0.05) is 30.7 Å². The minimum absolute atomic E-state index is 0.0544. The number of rotatable bonds is 7. The third-order valence-electron chi connectivity index (χ3n) is 7.00. The van der Waals surface area contributed by atoms with Gasteiger partial charge >= 0.3 is 11.9 Å². The summed E-state index contributed by atoms with van der Waals surface area (Å²) in [5.41, 5.74) is 1.46. The zero-order valence-corrected chi connectivity index (χ0v) is 20.0. The molecular weight excluding hydrogens is 392 g/mol. The van der Waals surface area contributed by atoms with Crippen LogP contribution in [-0.4, -0.2) is 24.1 Å². The van der Waals surface area contributed by atoms with Crippen LogP contribution in [0.15, 0.2) is 12.1 Å². The average Bonchev–Trinajstić information content (AvgIpc) is 2.86. The molecule has 1 saturated heterocycles. The highest BCUT2D eigenvalue weighted by Gasteiger charge is 2.47. The molecule has 1 fully saturated rings. The molecule has 0 N–H and O–H groups in total. The largest absolute Gasteiger partial charge is 0.487 e. The van der Waals surface area contributed by atoms with E-state index < -0.39 is 5.60 Å². The molecule has 31 heavy (non-hydrogen) atoms. The molecule has 2 atom stereocenters. The fourth-order valence-corrected chi connectivity index (χ4v) is 5.14. The van der Waals surface area contributed by atoms with Gasteiger partial charge in [-0.2, -0.15) is 0 Å². The first kappa shape index (κ1) is 23.6. The fourth-order valence-electron chi connectivity index (χ4n) is 5.14. The van der Waals surface area contributed by atoms with Gasteiger partial charge in [-0.3, -0.25) is 9.59 Å². The molecule has 2 aliphatic rings. The number of carbonyl (C=O) groups excluding carboxylic acids is 2. The van der Waals surface area contributed by atoms with Crippen LogP contribution in [0.2, 0.25) is 0 Å². The van der Waals surface area contributed by atoms with E-state index in [0.29, 0.717) is 18.6 Å². The van der Waals surface area contributed by atoms with Crippen LogP contribution in [0.4, 0.5) is 0 Å². The van der Waals surface area contributed by atoms with Crippen molar-refractivity contribution in [3.05, 3.63) is 23.3 Å². The van der Waals surface area contributed by atoms with E-state index in [4.69, 9.17) is 14.2 Å². The molecule has 172 valence electrons. The lowest BCUT2D eigenvalue weighted by Crippen LogP contribution is -2.45. The molecule has 0 aromatic heterocycles. The third kappa shape index (κ3) is 5.24. The Kier molecular flexibility index (Phi) is 7.02. The summed E-state index contributed by atoms with van der Waals surface area (Å²) in [6, 6.07) is 4.12. The van der Waals surface area contributed by atoms with E-state index in [-0.39, 0.29) is 35.8 Å². The van der Waals surface area contributed by atoms with Crippen LogP contribution in [0.1, 0.15) is 104 Å². The van der Waals surface area contributed by atoms with E-state index >= 15 is 0 Å². The second-order valence-corrected chi connectivity index (χ2v) is 10.3. The SMILES string of the molecule is CCCCCCC(C)(C)c1cc(OC(C)=O)c2c(c1)OC(C)(C)[C@@H]1CCC(=O)OC[C@@H]21. The van der Waals surface area contributed by atoms with E-state index in [9.17, 15) is 9.59 Å². The van der Waals surface area contributed by atoms with Gasteiger partial charge in [0.25, 0.3) is 0 Å². The summed E-state index contributed by atoms with van der Waals surface area (Å²) in [5, 5.41) is 0. The number of fused-ring (bicyclic) bond motifs is 3. The highest BCUT2D eigenvalue weighted by Crippen LogP contribution is 2.53. The maximum atomic E-state index is 12.0. The minimum Gasteiger partial charge on any atom is -0.487 e. The maximum absolute atomic E-state index is 12.0. The van der Waals surface area contributed by atoms with Crippen molar-refractivity contribution in [1.29, 1.82) is 0 Å². The van der Waals surface area contributed by atoms with Gasteiger partial charge in [-0.15, -0.1) is 0 Å². The number of hydrogen-bond donors (Lipinski definition) is 0. The molecule has 0 amide bonds. The van der Waals surface area contributed by atoms with Gasteiger partial charge in [0.1, 0.15) is 17.1 Å². The summed E-state index contributed by atoms with van der Waals surface area (Å²) >= 11 is 0. The first-order valence-corrected chi connectivity index (χ1v) is 11.8. The lowest BCUT2D eigenvalue weighted by Gasteiger charge is -2.45. The predicted octanol–water partition coefficient (Wildman–Crippen LogP) is 6.07. The summed E-state index contributed by atoms with van der Waals surface area (Å²) in [6.45, 7) is 12.6. The lowest BCUT2D eigenvalue weighted by atomic mass is 9.71. The third-order valence-corrected chi connectivity index (χ3v) is 7.00. The summed E-state index contributed by atoms with van der Waals surface area (Å²) in [5.74, 6) is 0.817. The van der Waals surface area contributed by atoms with Gasteiger partial charge in [0.15, 0.2) is 0 Å². The molecule has 0 radical (unpaired) electrons. The zero-order chi connectivity index (χ0) is 22.8. The van der Waals surface area contributed by atoms with Crippen LogP contribution in [0.5, 0.6) is 11.5 Å². The summed E-state index contributed by atoms with van der Waals surface area (Å²) in [6.07, 6.45) is 6.98. The fraction of sp³-hybridized carbons (Fsp3) is 0.692. The Morgan fingerprint density at radius 3 is 2.65 bits per heavy atom. The van der Waals surface area contributed by atoms with Crippen molar-refractivity contribution in [2.24, 2.45) is 5.92 Å². The molecule has 0 spiro atoms. The van der Waals surface area contributed by atoms with Crippen molar-refractivity contribution in [2.75, 3.05) is 6.61 Å². The summed E-state index contributed by atoms with van der Waals surface area (Å²) < 4.78 is 17.8. The van der Waals surface area contributed by atoms with Gasteiger partial charge in [0.05, 0.1) is 6.61 Å². The Morgan fingerprint density at radius 2 is 1.97 bits per heavy atom. The van der Waals surface area contributed by atoms with Crippen molar-refractivity contribution in [3.63, 3.8) is 0 Å². The van der Waals surface area contributed by atoms with Crippen molar-refractivity contribution in [3.8, 4) is 11.5 Å². The number of esters is 2. The predicted molar refractivity (Wildman–Crippen MR) is 121 cm³/mol. The minimum atomic E-state index is -0.441. The smallest absolute Gasteiger partial charge is 0.308 e. The Labute approximate surface area is 186 Å². The van der Waals surface area contributed by atoms with Crippen LogP contribution < -0.4 is 9.47 Å². The van der Waals surface area contributed by atoms with Crippen molar-refractivity contribution in [1.82, 2.24) is 0 Å². The molecule has 0 bridgehead atoms. The number of hydrogen-bond acceptors (Lipinski definition) is 5. The molecule has 5 heteroatoms. The normalized spacial score (nSPS) is 22.5. The van der Waals surface area contributed by atoms with Gasteiger partial charge in [-0.05, 0) is 49.8 Å². The molecule has 0 aliphatic carbocycles. The molecule has 5 nitrogen and oxygen atoms in total. The first-order valence-electron chi connectivity index (χ1n) is 11.8. The number of cyclic esters (lactones) is 1. The number of benzene rings is 1. The lowest BCUT2D eigenvalue weighted by molar-refractivity contribution is -0.143. The van der Waals surface area contributed by atoms with Crippen molar-refractivity contribution >= 4 is 11.9 Å². The Morgan fingerprint density at radius 1 is 1.23 bits per heavy atom. The average molecular weight is 431 g/mol. The van der Waals surface area contributed by atoms with E-state index in [0.717, 1.165) is 29.7 Å². The second-order valence-electron chi connectivity index (χ2n) is 10.3. The number of unbranched alkanes of at least 4 members (excludes halogenated alkanes) is 3. The molecule has 1 aromatic carbocycles. The van der Waals surface area contributed by atoms with E-state index in [1.54, 1.807) is 0 Å². The maximum Gasteiger partial charge on any atom is 0.308 e. The van der Waals surface area contributed by atoms with Gasteiger partial charge < -0.3 is 14.2 Å². The summed E-state index contributed by atoms with van der Waals surface area (Å²) in [7, 11) is 0. The highest BCUT2D eigenvalue weighted by atomic mass is 16.5. The first-order chi connectivity index (χ1) is 14.5.